The minimum atomic E-state index is -1.17. The predicted octanol–water partition coefficient (Wildman–Crippen LogP) is 5.69. The number of benzene rings is 1. The van der Waals surface area contributed by atoms with E-state index in [1.165, 1.54) is 33.8 Å². The molecule has 0 saturated heterocycles. The number of esters is 5. The fraction of sp³-hybridized carbons (Fsp3) is 0.541. The van der Waals surface area contributed by atoms with Crippen LogP contribution >= 0.6 is 0 Å². The molecule has 3 aliphatic rings. The summed E-state index contributed by atoms with van der Waals surface area (Å²) in [7, 11) is 0. The average Bonchev–Trinajstić information content (AvgIpc) is 2.96. The van der Waals surface area contributed by atoms with Gasteiger partial charge in [0.1, 0.15) is 18.3 Å². The molecule has 0 heterocycles. The van der Waals surface area contributed by atoms with E-state index in [9.17, 15) is 24.0 Å². The van der Waals surface area contributed by atoms with Crippen molar-refractivity contribution in [1.29, 1.82) is 0 Å². The van der Waals surface area contributed by atoms with Crippen molar-refractivity contribution < 1.29 is 47.7 Å². The van der Waals surface area contributed by atoms with Crippen LogP contribution in [0, 0.1) is 22.7 Å². The second-order valence-corrected chi connectivity index (χ2v) is 13.6. The second-order valence-electron chi connectivity index (χ2n) is 13.6. The van der Waals surface area contributed by atoms with E-state index in [-0.39, 0.29) is 12.3 Å². The van der Waals surface area contributed by atoms with Crippen LogP contribution in [-0.4, -0.2) is 60.4 Å². The highest BCUT2D eigenvalue weighted by molar-refractivity contribution is 5.87. The van der Waals surface area contributed by atoms with Gasteiger partial charge in [-0.15, -0.1) is 0 Å². The largest absolute Gasteiger partial charge is 0.462 e. The Bertz CT molecular complexity index is 1490. The third-order valence-corrected chi connectivity index (χ3v) is 10.2. The molecule has 8 atom stereocenters. The molecule has 1 unspecified atom stereocenters. The molecular weight excluding hydrogens is 604 g/mol. The molecule has 1 aromatic carbocycles. The molecule has 0 spiro atoms. The van der Waals surface area contributed by atoms with Crippen LogP contribution in [0.3, 0.4) is 0 Å². The van der Waals surface area contributed by atoms with E-state index in [2.05, 4.69) is 6.58 Å². The molecule has 0 amide bonds. The van der Waals surface area contributed by atoms with Gasteiger partial charge >= 0.3 is 29.8 Å². The molecule has 0 aromatic heterocycles. The molecule has 2 fully saturated rings. The molecule has 2 bridgehead atoms. The van der Waals surface area contributed by atoms with E-state index in [0.29, 0.717) is 29.6 Å². The van der Waals surface area contributed by atoms with Gasteiger partial charge in [0.2, 0.25) is 0 Å². The Morgan fingerprint density at radius 2 is 1.36 bits per heavy atom. The highest BCUT2D eigenvalue weighted by Crippen LogP contribution is 2.61. The van der Waals surface area contributed by atoms with Crippen LogP contribution in [0.15, 0.2) is 59.7 Å². The Hall–Kier alpha value is -4.21. The van der Waals surface area contributed by atoms with Crippen molar-refractivity contribution in [2.45, 2.75) is 105 Å². The summed E-state index contributed by atoms with van der Waals surface area (Å²) in [6, 6.07) is 9.30. The zero-order chi connectivity index (χ0) is 34.8. The highest BCUT2D eigenvalue weighted by Gasteiger charge is 2.64. The van der Waals surface area contributed by atoms with Gasteiger partial charge < -0.3 is 23.7 Å². The lowest BCUT2D eigenvalue weighted by molar-refractivity contribution is -0.212. The van der Waals surface area contributed by atoms with E-state index in [1.807, 2.05) is 58.0 Å². The number of fused-ring (bicyclic) bond motifs is 3. The summed E-state index contributed by atoms with van der Waals surface area (Å²) in [5, 5.41) is 0. The van der Waals surface area contributed by atoms with Crippen molar-refractivity contribution in [3.05, 3.63) is 65.3 Å². The molecule has 1 aromatic rings. The van der Waals surface area contributed by atoms with Crippen LogP contribution in [0.5, 0.6) is 0 Å². The summed E-state index contributed by atoms with van der Waals surface area (Å²) in [5.74, 6) is -3.57. The van der Waals surface area contributed by atoms with Crippen LogP contribution in [0.25, 0.3) is 6.08 Å². The third-order valence-electron chi connectivity index (χ3n) is 10.2. The Kier molecular flexibility index (Phi) is 10.5. The number of carbonyl (C=O) groups excluding carboxylic acids is 5. The molecule has 254 valence electrons. The van der Waals surface area contributed by atoms with E-state index < -0.39 is 77.1 Å². The molecular formula is C37H46O10. The van der Waals surface area contributed by atoms with Crippen molar-refractivity contribution >= 4 is 35.9 Å². The van der Waals surface area contributed by atoms with E-state index >= 15 is 0 Å². The second kappa shape index (κ2) is 13.9. The number of ether oxygens (including phenoxy) is 5. The maximum Gasteiger partial charge on any atom is 0.331 e. The Labute approximate surface area is 276 Å². The summed E-state index contributed by atoms with van der Waals surface area (Å²) >= 11 is 0. The molecule has 10 nitrogen and oxygen atoms in total. The molecule has 47 heavy (non-hydrogen) atoms. The van der Waals surface area contributed by atoms with Crippen LogP contribution in [0.4, 0.5) is 0 Å². The van der Waals surface area contributed by atoms with Gasteiger partial charge in [0.15, 0.2) is 12.2 Å². The zero-order valence-electron chi connectivity index (χ0n) is 28.5. The molecule has 0 N–H and O–H groups in total. The topological polar surface area (TPSA) is 132 Å². The summed E-state index contributed by atoms with van der Waals surface area (Å²) in [5.41, 5.74) is 0.978. The van der Waals surface area contributed by atoms with Crippen molar-refractivity contribution in [3.8, 4) is 0 Å². The molecule has 10 heteroatoms. The average molecular weight is 651 g/mol. The first-order valence-electron chi connectivity index (χ1n) is 16.0. The monoisotopic (exact) mass is 650 g/mol. The molecule has 3 aliphatic carbocycles. The van der Waals surface area contributed by atoms with Gasteiger partial charge in [0, 0.05) is 40.2 Å². The lowest BCUT2D eigenvalue weighted by Gasteiger charge is -2.59. The van der Waals surface area contributed by atoms with Gasteiger partial charge in [-0.2, -0.15) is 0 Å². The fourth-order valence-electron chi connectivity index (χ4n) is 8.02. The van der Waals surface area contributed by atoms with Gasteiger partial charge in [-0.25, -0.2) is 4.79 Å². The van der Waals surface area contributed by atoms with Crippen molar-refractivity contribution in [3.63, 3.8) is 0 Å². The molecule has 0 radical (unpaired) electrons. The van der Waals surface area contributed by atoms with Gasteiger partial charge in [0.05, 0.1) is 5.41 Å². The summed E-state index contributed by atoms with van der Waals surface area (Å²) in [6.07, 6.45) is -0.715. The van der Waals surface area contributed by atoms with Crippen molar-refractivity contribution in [1.82, 2.24) is 0 Å². The lowest BCUT2D eigenvalue weighted by Crippen LogP contribution is -2.64. The van der Waals surface area contributed by atoms with Gasteiger partial charge in [0.25, 0.3) is 0 Å². The van der Waals surface area contributed by atoms with E-state index in [0.717, 1.165) is 5.56 Å². The molecule has 4 rings (SSSR count). The number of carbonyl (C=O) groups is 5. The summed E-state index contributed by atoms with van der Waals surface area (Å²) < 4.78 is 29.9. The third kappa shape index (κ3) is 7.36. The summed E-state index contributed by atoms with van der Waals surface area (Å²) in [4.78, 5) is 63.6. The number of hydrogen-bond donors (Lipinski definition) is 0. The quantitative estimate of drug-likeness (QED) is 0.157. The SMILES string of the molecule is C=C1[C@@H](OC(=O)/C=C/c2ccccc2)C[C@H](OC(C)=O)[C@]2(C)[C@@H]1CC1C[C@H](OC(C)=O)C(C)=C([C@@H](OC(C)=O)[C@@H]2OC(C)=O)C1(C)C. The number of hydrogen-bond acceptors (Lipinski definition) is 10. The Balaban J connectivity index is 1.89. The van der Waals surface area contributed by atoms with Crippen molar-refractivity contribution in [2.75, 3.05) is 0 Å². The zero-order valence-corrected chi connectivity index (χ0v) is 28.5. The first kappa shape index (κ1) is 35.6. The van der Waals surface area contributed by atoms with Crippen LogP contribution in [0.1, 0.15) is 80.2 Å². The number of rotatable bonds is 7. The maximum absolute atomic E-state index is 13.1. The minimum Gasteiger partial charge on any atom is -0.462 e. The Morgan fingerprint density at radius 1 is 0.766 bits per heavy atom. The van der Waals surface area contributed by atoms with E-state index in [4.69, 9.17) is 23.7 Å². The molecule has 0 aliphatic heterocycles. The Morgan fingerprint density at radius 3 is 1.94 bits per heavy atom. The van der Waals surface area contributed by atoms with Gasteiger partial charge in [-0.05, 0) is 65.4 Å². The first-order valence-corrected chi connectivity index (χ1v) is 16.0. The molecule has 2 saturated carbocycles. The van der Waals surface area contributed by atoms with Crippen LogP contribution in [-0.2, 0) is 47.7 Å². The normalized spacial score (nSPS) is 31.5. The highest BCUT2D eigenvalue weighted by atomic mass is 16.6. The van der Waals surface area contributed by atoms with Crippen LogP contribution < -0.4 is 0 Å². The first-order chi connectivity index (χ1) is 22.0. The fourth-order valence-corrected chi connectivity index (χ4v) is 8.02. The van der Waals surface area contributed by atoms with Gasteiger partial charge in [-0.1, -0.05) is 57.7 Å². The summed E-state index contributed by atoms with van der Waals surface area (Å²) in [6.45, 7) is 17.4. The predicted molar refractivity (Wildman–Crippen MR) is 172 cm³/mol. The lowest BCUT2D eigenvalue weighted by atomic mass is 9.49. The smallest absolute Gasteiger partial charge is 0.331 e. The maximum atomic E-state index is 13.1. The van der Waals surface area contributed by atoms with Gasteiger partial charge in [-0.3, -0.25) is 19.2 Å². The minimum absolute atomic E-state index is 0.0447. The standard InChI is InChI=1S/C37H46O10/c1-20-28-17-27-18-29(43-22(3)38)21(2)33(36(27,7)8)34(45-24(5)40)35(46-25(6)41)37(28,9)31(44-23(4)39)19-30(20)47-32(42)16-15-26-13-11-10-12-14-26/h10-16,27-31,34-35H,1,17-19H2,2-9H3/b16-15+/t27?,28-,29+,30+,31+,34-,35+,37+/m1/s1. The van der Waals surface area contributed by atoms with Crippen molar-refractivity contribution in [2.24, 2.45) is 22.7 Å². The van der Waals surface area contributed by atoms with Crippen LogP contribution in [0.2, 0.25) is 0 Å². The van der Waals surface area contributed by atoms with E-state index in [1.54, 1.807) is 6.08 Å².